The predicted octanol–water partition coefficient (Wildman–Crippen LogP) is 4.80. The molecule has 4 heteroatoms. The molecular formula is C17H12BrN3. The highest BCUT2D eigenvalue weighted by Crippen LogP contribution is 2.32. The van der Waals surface area contributed by atoms with E-state index in [1.165, 1.54) is 0 Å². The van der Waals surface area contributed by atoms with Crippen molar-refractivity contribution in [3.63, 3.8) is 0 Å². The van der Waals surface area contributed by atoms with Crippen LogP contribution in [0, 0.1) is 11.3 Å². The topological polar surface area (TPSA) is 61.8 Å². The summed E-state index contributed by atoms with van der Waals surface area (Å²) in [6, 6.07) is 19.6. The minimum absolute atomic E-state index is 0.474. The first-order chi connectivity index (χ1) is 10.2. The van der Waals surface area contributed by atoms with Crippen molar-refractivity contribution in [3.8, 4) is 6.07 Å². The smallest absolute Gasteiger partial charge is 0.101 e. The van der Waals surface area contributed by atoms with Gasteiger partial charge >= 0.3 is 0 Å². The number of anilines is 3. The molecule has 0 unspecified atom stereocenters. The van der Waals surface area contributed by atoms with E-state index in [0.717, 1.165) is 26.6 Å². The first kappa shape index (κ1) is 13.5. The summed E-state index contributed by atoms with van der Waals surface area (Å²) in [5, 5.41) is 14.7. The van der Waals surface area contributed by atoms with Gasteiger partial charge in [0.25, 0.3) is 0 Å². The van der Waals surface area contributed by atoms with Gasteiger partial charge in [-0.15, -0.1) is 0 Å². The van der Waals surface area contributed by atoms with Crippen molar-refractivity contribution < 1.29 is 0 Å². The molecule has 0 spiro atoms. The van der Waals surface area contributed by atoms with Crippen molar-refractivity contribution in [1.82, 2.24) is 0 Å². The van der Waals surface area contributed by atoms with E-state index in [-0.39, 0.29) is 0 Å². The minimum Gasteiger partial charge on any atom is -0.398 e. The number of hydrogen-bond donors (Lipinski definition) is 2. The second kappa shape index (κ2) is 5.47. The molecule has 0 fully saturated rings. The lowest BCUT2D eigenvalue weighted by Crippen LogP contribution is -1.95. The van der Waals surface area contributed by atoms with Crippen LogP contribution in [0.5, 0.6) is 0 Å². The number of rotatable bonds is 2. The van der Waals surface area contributed by atoms with Crippen LogP contribution in [0.25, 0.3) is 10.8 Å². The standard InChI is InChI=1S/C17H12BrN3/c18-15-6-8-17(14-4-2-1-3-13(14)15)21-12-5-7-16(20)11(9-12)10-19/h1-9,21H,20H2. The van der Waals surface area contributed by atoms with Gasteiger partial charge in [0.1, 0.15) is 6.07 Å². The fourth-order valence-electron chi connectivity index (χ4n) is 2.26. The third-order valence-corrected chi connectivity index (χ3v) is 4.02. The van der Waals surface area contributed by atoms with Crippen LogP contribution in [-0.4, -0.2) is 0 Å². The molecular weight excluding hydrogens is 326 g/mol. The molecule has 0 saturated heterocycles. The van der Waals surface area contributed by atoms with Crippen molar-refractivity contribution in [3.05, 3.63) is 64.6 Å². The molecule has 102 valence electrons. The molecule has 0 aliphatic heterocycles. The Morgan fingerprint density at radius 1 is 1.00 bits per heavy atom. The van der Waals surface area contributed by atoms with Crippen molar-refractivity contribution >= 4 is 43.8 Å². The lowest BCUT2D eigenvalue weighted by atomic mass is 10.1. The van der Waals surface area contributed by atoms with E-state index in [4.69, 9.17) is 11.0 Å². The Bertz CT molecular complexity index is 866. The van der Waals surface area contributed by atoms with E-state index in [2.05, 4.69) is 39.4 Å². The first-order valence-corrected chi connectivity index (χ1v) is 7.22. The zero-order chi connectivity index (χ0) is 14.8. The third kappa shape index (κ3) is 2.56. The summed E-state index contributed by atoms with van der Waals surface area (Å²) in [6.45, 7) is 0. The quantitative estimate of drug-likeness (QED) is 0.660. The van der Waals surface area contributed by atoms with E-state index >= 15 is 0 Å². The van der Waals surface area contributed by atoms with Crippen LogP contribution < -0.4 is 11.1 Å². The lowest BCUT2D eigenvalue weighted by Gasteiger charge is -2.11. The number of halogens is 1. The molecule has 3 rings (SSSR count). The molecule has 0 saturated carbocycles. The summed E-state index contributed by atoms with van der Waals surface area (Å²) in [5.74, 6) is 0. The average molecular weight is 338 g/mol. The molecule has 3 aromatic carbocycles. The Morgan fingerprint density at radius 3 is 2.52 bits per heavy atom. The van der Waals surface area contributed by atoms with Crippen molar-refractivity contribution in [2.45, 2.75) is 0 Å². The van der Waals surface area contributed by atoms with Crippen LogP contribution in [0.2, 0.25) is 0 Å². The van der Waals surface area contributed by atoms with Crippen LogP contribution >= 0.6 is 15.9 Å². The van der Waals surface area contributed by atoms with Gasteiger partial charge in [-0.3, -0.25) is 0 Å². The predicted molar refractivity (Wildman–Crippen MR) is 90.5 cm³/mol. The molecule has 0 bridgehead atoms. The van der Waals surface area contributed by atoms with Crippen molar-refractivity contribution in [1.29, 1.82) is 5.26 Å². The van der Waals surface area contributed by atoms with Gasteiger partial charge in [-0.25, -0.2) is 0 Å². The maximum atomic E-state index is 9.05. The molecule has 0 atom stereocenters. The number of benzene rings is 3. The zero-order valence-corrected chi connectivity index (χ0v) is 12.7. The van der Waals surface area contributed by atoms with Crippen LogP contribution in [-0.2, 0) is 0 Å². The number of nitrogens with two attached hydrogens (primary N) is 1. The summed E-state index contributed by atoms with van der Waals surface area (Å²) in [4.78, 5) is 0. The Kier molecular flexibility index (Phi) is 3.51. The Balaban J connectivity index is 2.07. The van der Waals surface area contributed by atoms with Crippen molar-refractivity contribution in [2.75, 3.05) is 11.1 Å². The molecule has 0 aliphatic rings. The highest BCUT2D eigenvalue weighted by Gasteiger charge is 2.05. The zero-order valence-electron chi connectivity index (χ0n) is 11.1. The Morgan fingerprint density at radius 2 is 1.76 bits per heavy atom. The highest BCUT2D eigenvalue weighted by atomic mass is 79.9. The van der Waals surface area contributed by atoms with E-state index in [1.807, 2.05) is 30.3 Å². The number of nitriles is 1. The van der Waals surface area contributed by atoms with Gasteiger partial charge in [-0.05, 0) is 35.7 Å². The van der Waals surface area contributed by atoms with Gasteiger partial charge in [0.2, 0.25) is 0 Å². The molecule has 0 heterocycles. The maximum absolute atomic E-state index is 9.05. The molecule has 3 aromatic rings. The van der Waals surface area contributed by atoms with Gasteiger partial charge in [0.15, 0.2) is 0 Å². The average Bonchev–Trinajstić information content (AvgIpc) is 2.52. The number of fused-ring (bicyclic) bond motifs is 1. The van der Waals surface area contributed by atoms with Gasteiger partial charge in [-0.2, -0.15) is 5.26 Å². The minimum atomic E-state index is 0.474. The third-order valence-electron chi connectivity index (χ3n) is 3.32. The normalized spacial score (nSPS) is 10.3. The largest absolute Gasteiger partial charge is 0.398 e. The lowest BCUT2D eigenvalue weighted by molar-refractivity contribution is 1.47. The van der Waals surface area contributed by atoms with Crippen LogP contribution in [0.4, 0.5) is 17.1 Å². The summed E-state index contributed by atoms with van der Waals surface area (Å²) in [6.07, 6.45) is 0. The van der Waals surface area contributed by atoms with Gasteiger partial charge in [0.05, 0.1) is 5.56 Å². The first-order valence-electron chi connectivity index (χ1n) is 6.43. The van der Waals surface area contributed by atoms with Crippen LogP contribution in [0.15, 0.2) is 59.1 Å². The van der Waals surface area contributed by atoms with E-state index in [9.17, 15) is 0 Å². The van der Waals surface area contributed by atoms with E-state index in [0.29, 0.717) is 11.3 Å². The van der Waals surface area contributed by atoms with Gasteiger partial charge in [-0.1, -0.05) is 40.2 Å². The molecule has 3 N–H and O–H groups in total. The monoisotopic (exact) mass is 337 g/mol. The SMILES string of the molecule is N#Cc1cc(Nc2ccc(Br)c3ccccc23)ccc1N. The molecule has 3 nitrogen and oxygen atoms in total. The Hall–Kier alpha value is -2.51. The summed E-state index contributed by atoms with van der Waals surface area (Å²) >= 11 is 3.56. The molecule has 0 aromatic heterocycles. The fourth-order valence-corrected chi connectivity index (χ4v) is 2.74. The fraction of sp³-hybridized carbons (Fsp3) is 0. The number of nitrogens with one attached hydrogen (secondary N) is 1. The number of nitrogens with zero attached hydrogens (tertiary/aromatic N) is 1. The highest BCUT2D eigenvalue weighted by molar-refractivity contribution is 9.10. The summed E-state index contributed by atoms with van der Waals surface area (Å²) in [5.41, 5.74) is 8.54. The van der Waals surface area contributed by atoms with E-state index < -0.39 is 0 Å². The van der Waals surface area contributed by atoms with Gasteiger partial charge < -0.3 is 11.1 Å². The van der Waals surface area contributed by atoms with Crippen molar-refractivity contribution in [2.24, 2.45) is 0 Å². The number of nitrogen functional groups attached to an aromatic ring is 1. The summed E-state index contributed by atoms with van der Waals surface area (Å²) in [7, 11) is 0. The van der Waals surface area contributed by atoms with E-state index in [1.54, 1.807) is 12.1 Å². The molecule has 0 aliphatic carbocycles. The second-order valence-corrected chi connectivity index (χ2v) is 5.53. The van der Waals surface area contributed by atoms with Crippen LogP contribution in [0.3, 0.4) is 0 Å². The second-order valence-electron chi connectivity index (χ2n) is 4.68. The molecule has 0 amide bonds. The maximum Gasteiger partial charge on any atom is 0.101 e. The summed E-state index contributed by atoms with van der Waals surface area (Å²) < 4.78 is 1.05. The molecule has 21 heavy (non-hydrogen) atoms. The van der Waals surface area contributed by atoms with Crippen LogP contribution in [0.1, 0.15) is 5.56 Å². The Labute approximate surface area is 131 Å². The molecule has 0 radical (unpaired) electrons. The number of hydrogen-bond acceptors (Lipinski definition) is 3. The van der Waals surface area contributed by atoms with Gasteiger partial charge in [0, 0.05) is 26.9 Å².